The van der Waals surface area contributed by atoms with Crippen molar-refractivity contribution < 1.29 is 28.9 Å². The maximum absolute atomic E-state index is 13.2. The Labute approximate surface area is 225 Å². The first-order valence-electron chi connectivity index (χ1n) is 12.2. The second-order valence-electron chi connectivity index (χ2n) is 8.55. The maximum atomic E-state index is 13.2. The highest BCUT2D eigenvalue weighted by Gasteiger charge is 2.21. The van der Waals surface area contributed by atoms with Gasteiger partial charge < -0.3 is 24.6 Å². The number of aromatic nitrogens is 1. The van der Waals surface area contributed by atoms with Crippen LogP contribution < -0.4 is 19.5 Å². The molecular formula is C29H30N2O6S. The topological polar surface area (TPSA) is 107 Å². The number of nitrogens with zero attached hydrogens (tertiary/aromatic N) is 1. The maximum Gasteiger partial charge on any atom is 0.251 e. The van der Waals surface area contributed by atoms with E-state index >= 15 is 0 Å². The highest BCUT2D eigenvalue weighted by molar-refractivity contribution is 7.18. The Morgan fingerprint density at radius 3 is 2.61 bits per heavy atom. The summed E-state index contributed by atoms with van der Waals surface area (Å²) in [5, 5.41) is 14.7. The monoisotopic (exact) mass is 534 g/mol. The van der Waals surface area contributed by atoms with E-state index in [0.717, 1.165) is 21.2 Å². The van der Waals surface area contributed by atoms with Gasteiger partial charge in [-0.2, -0.15) is 0 Å². The standard InChI is InChI=1S/C29H30N2O6S/c1-5-18-13-22(31-26(27(18)36-4)21-16-38-28-17(2)7-6-8-20(21)28)23(33)15-30-29(34)19-9-10-24(37-12-11-32)25(14-19)35-3/h6-10,13-14,16,32H,5,11-12,15H2,1-4H3,(H,30,34). The van der Waals surface area contributed by atoms with Gasteiger partial charge in [-0.1, -0.05) is 25.1 Å². The fourth-order valence-electron chi connectivity index (χ4n) is 4.22. The number of nitrogens with one attached hydrogen (secondary N) is 1. The number of pyridine rings is 1. The minimum absolute atomic E-state index is 0.105. The molecule has 0 fully saturated rings. The summed E-state index contributed by atoms with van der Waals surface area (Å²) in [6.45, 7) is 3.80. The molecule has 0 bridgehead atoms. The van der Waals surface area contributed by atoms with Crippen LogP contribution in [0.2, 0.25) is 0 Å². The number of rotatable bonds is 11. The van der Waals surface area contributed by atoms with Crippen molar-refractivity contribution in [3.05, 3.63) is 70.2 Å². The Morgan fingerprint density at radius 2 is 1.89 bits per heavy atom. The lowest BCUT2D eigenvalue weighted by Crippen LogP contribution is -2.30. The second-order valence-corrected chi connectivity index (χ2v) is 9.43. The van der Waals surface area contributed by atoms with Crippen molar-refractivity contribution in [1.29, 1.82) is 0 Å². The van der Waals surface area contributed by atoms with E-state index in [0.29, 0.717) is 34.9 Å². The van der Waals surface area contributed by atoms with Crippen LogP contribution in [-0.4, -0.2) is 55.8 Å². The largest absolute Gasteiger partial charge is 0.494 e. The summed E-state index contributed by atoms with van der Waals surface area (Å²) in [5.74, 6) is 0.652. The molecule has 2 aromatic carbocycles. The molecular weight excluding hydrogens is 504 g/mol. The second kappa shape index (κ2) is 12.1. The fraction of sp³-hybridized carbons (Fsp3) is 0.276. The van der Waals surface area contributed by atoms with Crippen LogP contribution in [0.4, 0.5) is 0 Å². The molecule has 0 unspecified atom stereocenters. The lowest BCUT2D eigenvalue weighted by atomic mass is 10.0. The van der Waals surface area contributed by atoms with Crippen LogP contribution in [0.1, 0.15) is 38.9 Å². The molecule has 1 amide bonds. The summed E-state index contributed by atoms with van der Waals surface area (Å²) in [7, 11) is 3.07. The number of methoxy groups -OCH3 is 2. The summed E-state index contributed by atoms with van der Waals surface area (Å²) >= 11 is 1.63. The summed E-state index contributed by atoms with van der Waals surface area (Å²) in [6.07, 6.45) is 0.650. The van der Waals surface area contributed by atoms with Gasteiger partial charge in [-0.25, -0.2) is 4.98 Å². The highest BCUT2D eigenvalue weighted by Crippen LogP contribution is 2.40. The lowest BCUT2D eigenvalue weighted by molar-refractivity contribution is 0.0902. The Hall–Kier alpha value is -3.95. The number of carbonyl (C=O) groups excluding carboxylic acids is 2. The first kappa shape index (κ1) is 27.1. The van der Waals surface area contributed by atoms with Gasteiger partial charge in [-0.15, -0.1) is 11.3 Å². The predicted molar refractivity (Wildman–Crippen MR) is 148 cm³/mol. The molecule has 0 radical (unpaired) electrons. The molecule has 0 atom stereocenters. The highest BCUT2D eigenvalue weighted by atomic mass is 32.1. The molecule has 198 valence electrons. The zero-order valence-corrected chi connectivity index (χ0v) is 22.6. The molecule has 0 spiro atoms. The molecule has 2 heterocycles. The Bertz CT molecular complexity index is 1480. The molecule has 2 aromatic heterocycles. The van der Waals surface area contributed by atoms with Gasteiger partial charge in [-0.05, 0) is 48.7 Å². The van der Waals surface area contributed by atoms with Crippen LogP contribution in [0.15, 0.2) is 47.8 Å². The molecule has 0 saturated heterocycles. The van der Waals surface area contributed by atoms with Gasteiger partial charge in [0.1, 0.15) is 23.7 Å². The lowest BCUT2D eigenvalue weighted by Gasteiger charge is -2.14. The number of fused-ring (bicyclic) bond motifs is 1. The van der Waals surface area contributed by atoms with Gasteiger partial charge in [0.2, 0.25) is 0 Å². The average molecular weight is 535 g/mol. The van der Waals surface area contributed by atoms with E-state index in [1.54, 1.807) is 36.6 Å². The number of ether oxygens (including phenoxy) is 3. The molecule has 0 saturated carbocycles. The average Bonchev–Trinajstić information content (AvgIpc) is 3.39. The first-order chi connectivity index (χ1) is 18.4. The zero-order valence-electron chi connectivity index (χ0n) is 21.8. The van der Waals surface area contributed by atoms with E-state index in [1.165, 1.54) is 18.7 Å². The summed E-state index contributed by atoms with van der Waals surface area (Å²) in [5.41, 5.74) is 4.13. The quantitative estimate of drug-likeness (QED) is 0.265. The SMILES string of the molecule is CCc1cc(C(=O)CNC(=O)c2ccc(OCCO)c(OC)c2)nc(-c2csc3c(C)cccc23)c1OC. The van der Waals surface area contributed by atoms with Crippen LogP contribution in [0.3, 0.4) is 0 Å². The number of aliphatic hydroxyl groups is 1. The summed E-state index contributed by atoms with van der Waals surface area (Å²) < 4.78 is 17.6. The number of thiophene rings is 1. The molecule has 0 aliphatic carbocycles. The molecule has 4 aromatic rings. The number of hydrogen-bond acceptors (Lipinski definition) is 8. The van der Waals surface area contributed by atoms with Crippen molar-refractivity contribution in [2.45, 2.75) is 20.3 Å². The number of aryl methyl sites for hydroxylation is 2. The molecule has 38 heavy (non-hydrogen) atoms. The van der Waals surface area contributed by atoms with Gasteiger partial charge >= 0.3 is 0 Å². The van der Waals surface area contributed by atoms with Crippen LogP contribution in [-0.2, 0) is 6.42 Å². The minimum atomic E-state index is -0.436. The van der Waals surface area contributed by atoms with Gasteiger partial charge in [0, 0.05) is 26.6 Å². The van der Waals surface area contributed by atoms with Crippen molar-refractivity contribution in [2.75, 3.05) is 34.0 Å². The third kappa shape index (κ3) is 5.49. The van der Waals surface area contributed by atoms with Crippen LogP contribution in [0.25, 0.3) is 21.3 Å². The smallest absolute Gasteiger partial charge is 0.251 e. The van der Waals surface area contributed by atoms with E-state index in [9.17, 15) is 9.59 Å². The van der Waals surface area contributed by atoms with Crippen molar-refractivity contribution in [3.63, 3.8) is 0 Å². The normalized spacial score (nSPS) is 10.9. The number of benzene rings is 2. The van der Waals surface area contributed by atoms with E-state index in [1.807, 2.05) is 24.4 Å². The summed E-state index contributed by atoms with van der Waals surface area (Å²) in [6, 6.07) is 12.5. The fourth-order valence-corrected chi connectivity index (χ4v) is 5.26. The molecule has 0 aliphatic heterocycles. The minimum Gasteiger partial charge on any atom is -0.494 e. The summed E-state index contributed by atoms with van der Waals surface area (Å²) in [4.78, 5) is 30.7. The van der Waals surface area contributed by atoms with Gasteiger partial charge in [0.15, 0.2) is 17.3 Å². The van der Waals surface area contributed by atoms with Gasteiger partial charge in [0.25, 0.3) is 5.91 Å². The number of carbonyl (C=O) groups is 2. The number of hydrogen-bond donors (Lipinski definition) is 2. The van der Waals surface area contributed by atoms with Crippen molar-refractivity contribution >= 4 is 33.1 Å². The Balaban J connectivity index is 1.59. The Morgan fingerprint density at radius 1 is 1.08 bits per heavy atom. The van der Waals surface area contributed by atoms with E-state index in [4.69, 9.17) is 24.3 Å². The van der Waals surface area contributed by atoms with Crippen LogP contribution in [0.5, 0.6) is 17.2 Å². The molecule has 9 heteroatoms. The number of amides is 1. The third-order valence-corrected chi connectivity index (χ3v) is 7.29. The number of Topliss-reactive ketones (excluding diaryl/α,β-unsaturated/α-hetero) is 1. The van der Waals surface area contributed by atoms with E-state index in [2.05, 4.69) is 18.3 Å². The van der Waals surface area contributed by atoms with Crippen LogP contribution >= 0.6 is 11.3 Å². The first-order valence-corrected chi connectivity index (χ1v) is 13.1. The van der Waals surface area contributed by atoms with Gasteiger partial charge in [-0.3, -0.25) is 9.59 Å². The Kier molecular flexibility index (Phi) is 8.60. The molecule has 0 aliphatic rings. The zero-order chi connectivity index (χ0) is 27.2. The van der Waals surface area contributed by atoms with Gasteiger partial charge in [0.05, 0.1) is 27.4 Å². The van der Waals surface area contributed by atoms with Crippen LogP contribution in [0, 0.1) is 6.92 Å². The molecule has 2 N–H and O–H groups in total. The third-order valence-electron chi connectivity index (χ3n) is 6.16. The molecule has 4 rings (SSSR count). The van der Waals surface area contributed by atoms with E-state index in [-0.39, 0.29) is 31.2 Å². The number of aliphatic hydroxyl groups excluding tert-OH is 1. The predicted octanol–water partition coefficient (Wildman–Crippen LogP) is 4.84. The van der Waals surface area contributed by atoms with E-state index < -0.39 is 5.91 Å². The van der Waals surface area contributed by atoms with Crippen molar-refractivity contribution in [1.82, 2.24) is 10.3 Å². The number of ketones is 1. The van der Waals surface area contributed by atoms with Crippen molar-refractivity contribution in [2.24, 2.45) is 0 Å². The van der Waals surface area contributed by atoms with Crippen molar-refractivity contribution in [3.8, 4) is 28.5 Å². The molecule has 8 nitrogen and oxygen atoms in total.